The van der Waals surface area contributed by atoms with Gasteiger partial charge in [0.2, 0.25) is 0 Å². The fraction of sp³-hybridized carbons (Fsp3) is 0.538. The van der Waals surface area contributed by atoms with Crippen molar-refractivity contribution in [2.45, 2.75) is 12.4 Å². The number of alkyl halides is 4. The highest BCUT2D eigenvalue weighted by Crippen LogP contribution is 2.33. The van der Waals surface area contributed by atoms with Gasteiger partial charge in [0.05, 0.1) is 11.1 Å². The first-order valence-electron chi connectivity index (χ1n) is 6.46. The van der Waals surface area contributed by atoms with E-state index in [1.807, 2.05) is 4.90 Å². The summed E-state index contributed by atoms with van der Waals surface area (Å²) in [7, 11) is 0. The minimum atomic E-state index is -4.80. The zero-order chi connectivity index (χ0) is 15.5. The lowest BCUT2D eigenvalue weighted by Crippen LogP contribution is -2.45. The molecule has 0 spiro atoms. The van der Waals surface area contributed by atoms with Crippen LogP contribution in [0.5, 0.6) is 5.75 Å². The average Bonchev–Trinajstić information content (AvgIpc) is 2.42. The van der Waals surface area contributed by atoms with Crippen molar-refractivity contribution in [2.24, 2.45) is 0 Å². The SMILES string of the molecule is Cl.Cl.FC[C@H](c1ccc(OC(F)(F)F)c(Cl)c1)N1CCNCC1. The normalized spacial score (nSPS) is 16.9. The molecule has 0 amide bonds. The van der Waals surface area contributed by atoms with Crippen molar-refractivity contribution in [1.82, 2.24) is 10.2 Å². The van der Waals surface area contributed by atoms with Gasteiger partial charge in [-0.2, -0.15) is 0 Å². The molecule has 10 heteroatoms. The molecule has 0 aromatic heterocycles. The number of benzene rings is 1. The molecule has 0 aliphatic carbocycles. The molecule has 1 heterocycles. The first-order chi connectivity index (χ1) is 9.90. The molecule has 0 saturated carbocycles. The summed E-state index contributed by atoms with van der Waals surface area (Å²) in [5, 5.41) is 2.97. The van der Waals surface area contributed by atoms with Gasteiger partial charge in [-0.05, 0) is 17.7 Å². The molecule has 1 N–H and O–H groups in total. The van der Waals surface area contributed by atoms with Crippen molar-refractivity contribution < 1.29 is 22.3 Å². The molecular weight excluding hydrogens is 383 g/mol. The molecule has 134 valence electrons. The molecule has 1 aromatic carbocycles. The zero-order valence-corrected chi connectivity index (χ0v) is 14.3. The van der Waals surface area contributed by atoms with Crippen LogP contribution in [0.3, 0.4) is 0 Å². The lowest BCUT2D eigenvalue weighted by atomic mass is 10.1. The van der Waals surface area contributed by atoms with E-state index in [9.17, 15) is 17.6 Å². The van der Waals surface area contributed by atoms with Crippen LogP contribution in [-0.4, -0.2) is 44.1 Å². The molecule has 3 nitrogen and oxygen atoms in total. The summed E-state index contributed by atoms with van der Waals surface area (Å²) in [5.74, 6) is -0.481. The van der Waals surface area contributed by atoms with Gasteiger partial charge in [-0.3, -0.25) is 4.90 Å². The van der Waals surface area contributed by atoms with Gasteiger partial charge in [0.15, 0.2) is 0 Å². The van der Waals surface area contributed by atoms with Crippen molar-refractivity contribution in [1.29, 1.82) is 0 Å². The predicted octanol–water partition coefficient (Wildman–Crippen LogP) is 4.00. The topological polar surface area (TPSA) is 24.5 Å². The number of nitrogens with zero attached hydrogens (tertiary/aromatic N) is 1. The smallest absolute Gasteiger partial charge is 0.404 e. The van der Waals surface area contributed by atoms with E-state index >= 15 is 0 Å². The molecule has 1 aliphatic heterocycles. The van der Waals surface area contributed by atoms with E-state index in [1.165, 1.54) is 12.1 Å². The number of ether oxygens (including phenoxy) is 1. The Hall–Kier alpha value is -0.470. The number of hydrogen-bond donors (Lipinski definition) is 1. The Kier molecular flexibility index (Phi) is 9.54. The molecule has 0 bridgehead atoms. The van der Waals surface area contributed by atoms with Gasteiger partial charge in [-0.1, -0.05) is 17.7 Å². The lowest BCUT2D eigenvalue weighted by molar-refractivity contribution is -0.274. The van der Waals surface area contributed by atoms with Crippen molar-refractivity contribution in [3.8, 4) is 5.75 Å². The van der Waals surface area contributed by atoms with Gasteiger partial charge >= 0.3 is 6.36 Å². The number of rotatable bonds is 4. The van der Waals surface area contributed by atoms with Gasteiger partial charge in [0, 0.05) is 26.2 Å². The molecule has 23 heavy (non-hydrogen) atoms. The Morgan fingerprint density at radius 2 is 1.83 bits per heavy atom. The van der Waals surface area contributed by atoms with Crippen LogP contribution < -0.4 is 10.1 Å². The Labute approximate surface area is 149 Å². The highest BCUT2D eigenvalue weighted by atomic mass is 35.5. The van der Waals surface area contributed by atoms with E-state index in [4.69, 9.17) is 11.6 Å². The quantitative estimate of drug-likeness (QED) is 0.775. The van der Waals surface area contributed by atoms with E-state index < -0.39 is 24.8 Å². The summed E-state index contributed by atoms with van der Waals surface area (Å²) in [6.45, 7) is 2.22. The van der Waals surface area contributed by atoms with Crippen molar-refractivity contribution in [3.05, 3.63) is 28.8 Å². The number of hydrogen-bond acceptors (Lipinski definition) is 3. The summed E-state index contributed by atoms with van der Waals surface area (Å²) in [4.78, 5) is 1.94. The lowest BCUT2D eigenvalue weighted by Gasteiger charge is -2.33. The monoisotopic (exact) mass is 398 g/mol. The summed E-state index contributed by atoms with van der Waals surface area (Å²) >= 11 is 5.80. The molecule has 1 aliphatic rings. The van der Waals surface area contributed by atoms with Crippen molar-refractivity contribution in [2.75, 3.05) is 32.9 Å². The van der Waals surface area contributed by atoms with Crippen LogP contribution in [0.1, 0.15) is 11.6 Å². The molecule has 1 saturated heterocycles. The predicted molar refractivity (Wildman–Crippen MR) is 85.8 cm³/mol. The highest BCUT2D eigenvalue weighted by molar-refractivity contribution is 6.32. The van der Waals surface area contributed by atoms with E-state index in [2.05, 4.69) is 10.1 Å². The Bertz CT molecular complexity index is 485. The zero-order valence-electron chi connectivity index (χ0n) is 11.9. The standard InChI is InChI=1S/C13H15ClF4N2O.2ClH/c14-10-7-9(1-2-12(10)21-13(16,17)18)11(8-15)20-5-3-19-4-6-20;;/h1-2,7,11,19H,3-6,8H2;2*1H/t11-;;/m1../s1. The third kappa shape index (κ3) is 6.51. The van der Waals surface area contributed by atoms with E-state index in [0.29, 0.717) is 18.7 Å². The van der Waals surface area contributed by atoms with Crippen LogP contribution in [0.25, 0.3) is 0 Å². The van der Waals surface area contributed by atoms with E-state index in [1.54, 1.807) is 0 Å². The van der Waals surface area contributed by atoms with Crippen LogP contribution in [0.15, 0.2) is 18.2 Å². The summed E-state index contributed by atoms with van der Waals surface area (Å²) in [6.07, 6.45) is -4.80. The molecule has 1 aromatic rings. The fourth-order valence-corrected chi connectivity index (χ4v) is 2.55. The first-order valence-corrected chi connectivity index (χ1v) is 6.84. The molecule has 0 radical (unpaired) electrons. The van der Waals surface area contributed by atoms with Crippen LogP contribution >= 0.6 is 36.4 Å². The maximum Gasteiger partial charge on any atom is 0.573 e. The van der Waals surface area contributed by atoms with Crippen LogP contribution in [0.2, 0.25) is 5.02 Å². The number of nitrogens with one attached hydrogen (secondary N) is 1. The third-order valence-corrected chi connectivity index (χ3v) is 3.60. The summed E-state index contributed by atoms with van der Waals surface area (Å²) in [6, 6.07) is 3.36. The molecule has 1 atom stereocenters. The Balaban J connectivity index is 0.00000242. The van der Waals surface area contributed by atoms with Crippen LogP contribution in [-0.2, 0) is 0 Å². The van der Waals surface area contributed by atoms with Gasteiger partial charge in [-0.25, -0.2) is 4.39 Å². The minimum Gasteiger partial charge on any atom is -0.404 e. The van der Waals surface area contributed by atoms with Gasteiger partial charge in [0.1, 0.15) is 12.4 Å². The summed E-state index contributed by atoms with van der Waals surface area (Å²) < 4.78 is 53.7. The second kappa shape index (κ2) is 9.74. The number of piperazine rings is 1. The second-order valence-corrected chi connectivity index (χ2v) is 5.10. The Morgan fingerprint density at radius 1 is 1.22 bits per heavy atom. The second-order valence-electron chi connectivity index (χ2n) is 4.69. The Morgan fingerprint density at radius 3 is 2.30 bits per heavy atom. The average molecular weight is 400 g/mol. The van der Waals surface area contributed by atoms with Gasteiger partial charge in [-0.15, -0.1) is 38.0 Å². The molecule has 2 rings (SSSR count). The van der Waals surface area contributed by atoms with Gasteiger partial charge in [0.25, 0.3) is 0 Å². The van der Waals surface area contributed by atoms with Crippen molar-refractivity contribution in [3.63, 3.8) is 0 Å². The molecule has 1 fully saturated rings. The fourth-order valence-electron chi connectivity index (χ4n) is 2.32. The van der Waals surface area contributed by atoms with Crippen LogP contribution in [0, 0.1) is 0 Å². The number of halogens is 7. The highest BCUT2D eigenvalue weighted by Gasteiger charge is 2.32. The maximum atomic E-state index is 13.3. The molecule has 0 unspecified atom stereocenters. The van der Waals surface area contributed by atoms with Crippen LogP contribution in [0.4, 0.5) is 17.6 Å². The summed E-state index contributed by atoms with van der Waals surface area (Å²) in [5.41, 5.74) is 0.541. The third-order valence-electron chi connectivity index (χ3n) is 3.30. The van der Waals surface area contributed by atoms with Crippen molar-refractivity contribution >= 4 is 36.4 Å². The van der Waals surface area contributed by atoms with E-state index in [0.717, 1.165) is 19.2 Å². The molecular formula is C13H17Cl3F4N2O. The minimum absolute atomic E-state index is 0. The van der Waals surface area contributed by atoms with Gasteiger partial charge < -0.3 is 10.1 Å². The van der Waals surface area contributed by atoms with E-state index in [-0.39, 0.29) is 29.8 Å². The maximum absolute atomic E-state index is 13.3. The first kappa shape index (κ1) is 22.5. The largest absolute Gasteiger partial charge is 0.573 e.